The van der Waals surface area contributed by atoms with Crippen molar-refractivity contribution in [2.24, 2.45) is 11.3 Å². The molecule has 2 fully saturated rings. The Kier molecular flexibility index (Phi) is 6.33. The zero-order valence-corrected chi connectivity index (χ0v) is 18.0. The minimum absolute atomic E-state index is 0.128. The second-order valence-electron chi connectivity index (χ2n) is 9.26. The fourth-order valence-corrected chi connectivity index (χ4v) is 4.22. The Labute approximate surface area is 180 Å². The normalized spacial score (nSPS) is 23.6. The third kappa shape index (κ3) is 5.21. The van der Waals surface area contributed by atoms with Gasteiger partial charge in [0.2, 0.25) is 0 Å². The Morgan fingerprint density at radius 2 is 1.94 bits per heavy atom. The average molecular weight is 433 g/mol. The first-order chi connectivity index (χ1) is 14.5. The van der Waals surface area contributed by atoms with E-state index >= 15 is 0 Å². The Bertz CT molecular complexity index is 887. The number of benzene rings is 1. The highest BCUT2D eigenvalue weighted by atomic mass is 19.1. The number of urea groups is 1. The van der Waals surface area contributed by atoms with Gasteiger partial charge in [-0.15, -0.1) is 0 Å². The lowest BCUT2D eigenvalue weighted by atomic mass is 9.67. The van der Waals surface area contributed by atoms with Gasteiger partial charge in [-0.25, -0.2) is 9.18 Å². The number of hydrogen-bond donors (Lipinski definition) is 2. The number of ether oxygens (including phenoxy) is 1. The van der Waals surface area contributed by atoms with Crippen LogP contribution in [-0.4, -0.2) is 47.4 Å². The van der Waals surface area contributed by atoms with Gasteiger partial charge in [0.25, 0.3) is 11.8 Å². The molecule has 3 rings (SSSR count). The average Bonchev–Trinajstić information content (AvgIpc) is 2.90. The fraction of sp³-hybridized carbons (Fsp3) is 0.545. The number of nitrogens with zero attached hydrogens (tertiary/aromatic N) is 1. The molecule has 31 heavy (non-hydrogen) atoms. The van der Waals surface area contributed by atoms with Crippen molar-refractivity contribution in [2.45, 2.75) is 52.0 Å². The molecular weight excluding hydrogens is 405 g/mol. The molecule has 0 bridgehead atoms. The molecule has 0 atom stereocenters. The number of amides is 4. The maximum atomic E-state index is 13.2. The van der Waals surface area contributed by atoms with Crippen molar-refractivity contribution in [3.05, 3.63) is 30.1 Å². The number of anilines is 1. The maximum Gasteiger partial charge on any atom is 0.326 e. The molecule has 2 N–H and O–H groups in total. The molecule has 168 valence electrons. The van der Waals surface area contributed by atoms with Crippen LogP contribution in [0.4, 0.5) is 14.9 Å². The molecular formula is C22H28FN3O5. The predicted molar refractivity (Wildman–Crippen MR) is 110 cm³/mol. The molecule has 8 nitrogen and oxygen atoms in total. The second kappa shape index (κ2) is 8.64. The van der Waals surface area contributed by atoms with Gasteiger partial charge in [0.15, 0.2) is 6.61 Å². The highest BCUT2D eigenvalue weighted by Crippen LogP contribution is 2.43. The van der Waals surface area contributed by atoms with E-state index in [1.54, 1.807) is 0 Å². The maximum absolute atomic E-state index is 13.2. The van der Waals surface area contributed by atoms with Gasteiger partial charge in [0, 0.05) is 5.69 Å². The van der Waals surface area contributed by atoms with Crippen molar-refractivity contribution < 1.29 is 28.3 Å². The van der Waals surface area contributed by atoms with Crippen LogP contribution in [0.25, 0.3) is 0 Å². The van der Waals surface area contributed by atoms with Gasteiger partial charge >= 0.3 is 12.0 Å². The van der Waals surface area contributed by atoms with Crippen molar-refractivity contribution >= 4 is 29.5 Å². The molecule has 9 heteroatoms. The Morgan fingerprint density at radius 3 is 2.55 bits per heavy atom. The minimum Gasteiger partial charge on any atom is -0.454 e. The summed E-state index contributed by atoms with van der Waals surface area (Å²) in [6.07, 6.45) is 2.68. The van der Waals surface area contributed by atoms with E-state index in [9.17, 15) is 23.6 Å². The van der Waals surface area contributed by atoms with E-state index in [0.29, 0.717) is 18.8 Å². The topological polar surface area (TPSA) is 105 Å². The van der Waals surface area contributed by atoms with E-state index in [1.165, 1.54) is 18.2 Å². The number of carbonyl (C=O) groups excluding carboxylic acids is 4. The summed E-state index contributed by atoms with van der Waals surface area (Å²) in [7, 11) is 0. The van der Waals surface area contributed by atoms with Crippen LogP contribution < -0.4 is 10.6 Å². The lowest BCUT2D eigenvalue weighted by Crippen LogP contribution is -2.50. The van der Waals surface area contributed by atoms with Crippen molar-refractivity contribution in [2.75, 3.05) is 18.5 Å². The lowest BCUT2D eigenvalue weighted by molar-refractivity contribution is -0.150. The van der Waals surface area contributed by atoms with Crippen molar-refractivity contribution in [3.8, 4) is 0 Å². The van der Waals surface area contributed by atoms with E-state index in [-0.39, 0.29) is 11.1 Å². The quantitative estimate of drug-likeness (QED) is 0.549. The predicted octanol–water partition coefficient (Wildman–Crippen LogP) is 2.83. The standard InChI is InChI=1S/C22H28FN3O5/c1-21(2,3)14-7-9-22(10-8-14)19(29)26(20(30)25-22)12-18(28)31-13-17(27)24-16-6-4-5-15(23)11-16/h4-6,11,14H,7-10,12-13H2,1-3H3,(H,24,27)(H,25,30). The molecule has 0 aromatic heterocycles. The summed E-state index contributed by atoms with van der Waals surface area (Å²) in [6.45, 7) is 5.31. The van der Waals surface area contributed by atoms with E-state index < -0.39 is 48.3 Å². The van der Waals surface area contributed by atoms with Gasteiger partial charge in [-0.3, -0.25) is 19.3 Å². The summed E-state index contributed by atoms with van der Waals surface area (Å²) in [6, 6.07) is 4.65. The van der Waals surface area contributed by atoms with Gasteiger partial charge in [-0.05, 0) is 55.2 Å². The Hall–Kier alpha value is -2.97. The van der Waals surface area contributed by atoms with Crippen LogP contribution >= 0.6 is 0 Å². The number of rotatable bonds is 5. The molecule has 1 aromatic carbocycles. The van der Waals surface area contributed by atoms with Gasteiger partial charge in [0.05, 0.1) is 0 Å². The summed E-state index contributed by atoms with van der Waals surface area (Å²) in [5.74, 6) is -2.02. The molecule has 0 radical (unpaired) electrons. The summed E-state index contributed by atoms with van der Waals surface area (Å²) in [5, 5.41) is 5.16. The summed E-state index contributed by atoms with van der Waals surface area (Å²) in [4.78, 5) is 50.1. The smallest absolute Gasteiger partial charge is 0.326 e. The highest BCUT2D eigenvalue weighted by Gasteiger charge is 2.53. The monoisotopic (exact) mass is 433 g/mol. The van der Waals surface area contributed by atoms with Gasteiger partial charge in [-0.2, -0.15) is 0 Å². The largest absolute Gasteiger partial charge is 0.454 e. The van der Waals surface area contributed by atoms with Crippen LogP contribution in [0.15, 0.2) is 24.3 Å². The first-order valence-corrected chi connectivity index (χ1v) is 10.4. The van der Waals surface area contributed by atoms with Crippen molar-refractivity contribution in [3.63, 3.8) is 0 Å². The molecule has 0 unspecified atom stereocenters. The summed E-state index contributed by atoms with van der Waals surface area (Å²) >= 11 is 0. The molecule has 1 aliphatic heterocycles. The number of imide groups is 1. The van der Waals surface area contributed by atoms with Crippen LogP contribution in [-0.2, 0) is 19.1 Å². The number of carbonyl (C=O) groups is 4. The molecule has 1 aliphatic carbocycles. The van der Waals surface area contributed by atoms with Crippen LogP contribution in [0.1, 0.15) is 46.5 Å². The summed E-state index contributed by atoms with van der Waals surface area (Å²) < 4.78 is 18.0. The molecule has 2 aliphatic rings. The van der Waals surface area contributed by atoms with E-state index in [0.717, 1.165) is 23.8 Å². The van der Waals surface area contributed by atoms with Crippen molar-refractivity contribution in [1.82, 2.24) is 10.2 Å². The minimum atomic E-state index is -0.964. The summed E-state index contributed by atoms with van der Waals surface area (Å²) in [5.41, 5.74) is -0.612. The molecule has 1 spiro atoms. The second-order valence-corrected chi connectivity index (χ2v) is 9.26. The number of nitrogens with one attached hydrogen (secondary N) is 2. The van der Waals surface area contributed by atoms with Crippen molar-refractivity contribution in [1.29, 1.82) is 0 Å². The third-order valence-corrected chi connectivity index (χ3v) is 6.07. The van der Waals surface area contributed by atoms with Gasteiger partial charge in [-0.1, -0.05) is 26.8 Å². The molecule has 4 amide bonds. The zero-order chi connectivity index (χ0) is 22.8. The number of halogens is 1. The first-order valence-electron chi connectivity index (χ1n) is 10.4. The van der Waals surface area contributed by atoms with Gasteiger partial charge in [0.1, 0.15) is 17.9 Å². The number of esters is 1. The third-order valence-electron chi connectivity index (χ3n) is 6.07. The highest BCUT2D eigenvalue weighted by molar-refractivity contribution is 6.08. The first kappa shape index (κ1) is 22.7. The van der Waals surface area contributed by atoms with E-state index in [4.69, 9.17) is 4.74 Å². The zero-order valence-electron chi connectivity index (χ0n) is 18.0. The lowest BCUT2D eigenvalue weighted by Gasteiger charge is -2.40. The molecule has 1 saturated carbocycles. The molecule has 1 aromatic rings. The van der Waals surface area contributed by atoms with Crippen LogP contribution in [0.3, 0.4) is 0 Å². The van der Waals surface area contributed by atoms with E-state index in [2.05, 4.69) is 31.4 Å². The Morgan fingerprint density at radius 1 is 1.26 bits per heavy atom. The van der Waals surface area contributed by atoms with E-state index in [1.807, 2.05) is 0 Å². The van der Waals surface area contributed by atoms with Crippen LogP contribution in [0.2, 0.25) is 0 Å². The fourth-order valence-electron chi connectivity index (χ4n) is 4.22. The number of hydrogen-bond acceptors (Lipinski definition) is 5. The Balaban J connectivity index is 1.50. The molecule has 1 heterocycles. The van der Waals surface area contributed by atoms with Crippen LogP contribution in [0, 0.1) is 17.2 Å². The molecule has 1 saturated heterocycles. The SMILES string of the molecule is CC(C)(C)C1CCC2(CC1)NC(=O)N(CC(=O)OCC(=O)Nc1cccc(F)c1)C2=O. The van der Waals surface area contributed by atoms with Gasteiger partial charge < -0.3 is 15.4 Å². The van der Waals surface area contributed by atoms with Crippen LogP contribution in [0.5, 0.6) is 0 Å².